The number of benzene rings is 2. The van der Waals surface area contributed by atoms with Crippen LogP contribution in [-0.4, -0.2) is 18.1 Å². The molecular formula is C18H16FNO2S. The Morgan fingerprint density at radius 2 is 1.91 bits per heavy atom. The van der Waals surface area contributed by atoms with Gasteiger partial charge in [0.05, 0.1) is 11.1 Å². The maximum absolute atomic E-state index is 13.5. The summed E-state index contributed by atoms with van der Waals surface area (Å²) >= 11 is 1.13. The lowest BCUT2D eigenvalue weighted by molar-refractivity contribution is -0.125. The van der Waals surface area contributed by atoms with E-state index in [1.807, 2.05) is 30.3 Å². The Labute approximate surface area is 138 Å². The smallest absolute Gasteiger partial charge is 0.237 e. The SMILES string of the molecule is CN1C(=O)[C@@](C)(CC(=O)Sc2ccccc2)c2ccc(F)cc21. The molecule has 0 saturated heterocycles. The lowest BCUT2D eigenvalue weighted by atomic mass is 9.81. The highest BCUT2D eigenvalue weighted by molar-refractivity contribution is 8.13. The largest absolute Gasteiger partial charge is 0.314 e. The molecule has 3 rings (SSSR count). The molecular weight excluding hydrogens is 313 g/mol. The van der Waals surface area contributed by atoms with Crippen LogP contribution in [0.15, 0.2) is 53.4 Å². The van der Waals surface area contributed by atoms with Gasteiger partial charge < -0.3 is 4.90 Å². The predicted molar refractivity (Wildman–Crippen MR) is 89.1 cm³/mol. The number of nitrogens with zero attached hydrogens (tertiary/aromatic N) is 1. The van der Waals surface area contributed by atoms with Crippen LogP contribution in [0.5, 0.6) is 0 Å². The van der Waals surface area contributed by atoms with Gasteiger partial charge in [-0.15, -0.1) is 0 Å². The molecule has 0 unspecified atom stereocenters. The van der Waals surface area contributed by atoms with E-state index in [9.17, 15) is 14.0 Å². The molecule has 1 heterocycles. The third-order valence-electron chi connectivity index (χ3n) is 4.17. The standard InChI is InChI=1S/C18H16FNO2S/c1-18(11-16(21)23-13-6-4-3-5-7-13)14-9-8-12(19)10-15(14)20(2)17(18)22/h3-10H,11H2,1-2H3/t18-/m0/s1. The Hall–Kier alpha value is -2.14. The monoisotopic (exact) mass is 329 g/mol. The number of hydrogen-bond acceptors (Lipinski definition) is 3. The van der Waals surface area contributed by atoms with Crippen LogP contribution in [-0.2, 0) is 15.0 Å². The molecule has 1 aliphatic heterocycles. The molecule has 1 atom stereocenters. The third kappa shape index (κ3) is 2.77. The van der Waals surface area contributed by atoms with E-state index in [1.165, 1.54) is 17.0 Å². The average molecular weight is 329 g/mol. The molecule has 0 radical (unpaired) electrons. The van der Waals surface area contributed by atoms with Crippen LogP contribution >= 0.6 is 11.8 Å². The first-order chi connectivity index (χ1) is 10.9. The normalized spacial score (nSPS) is 19.8. The molecule has 1 aliphatic rings. The quantitative estimate of drug-likeness (QED) is 0.805. The number of carbonyl (C=O) groups excluding carboxylic acids is 2. The zero-order chi connectivity index (χ0) is 16.6. The zero-order valence-electron chi connectivity index (χ0n) is 12.9. The van der Waals surface area contributed by atoms with Crippen molar-refractivity contribution >= 4 is 28.5 Å². The minimum absolute atomic E-state index is 0.0777. The van der Waals surface area contributed by atoms with Crippen LogP contribution in [0.25, 0.3) is 0 Å². The molecule has 0 fully saturated rings. The molecule has 0 aliphatic carbocycles. The Kier molecular flexibility index (Phi) is 3.98. The van der Waals surface area contributed by atoms with Gasteiger partial charge in [-0.25, -0.2) is 4.39 Å². The molecule has 0 spiro atoms. The molecule has 0 aromatic heterocycles. The molecule has 23 heavy (non-hydrogen) atoms. The first kappa shape index (κ1) is 15.7. The summed E-state index contributed by atoms with van der Waals surface area (Å²) in [5.41, 5.74) is 0.292. The van der Waals surface area contributed by atoms with Crippen LogP contribution in [0, 0.1) is 5.82 Å². The number of likely N-dealkylation sites (N-methyl/N-ethyl adjacent to an activating group) is 1. The minimum atomic E-state index is -0.948. The Bertz CT molecular complexity index is 778. The molecule has 2 aromatic carbocycles. The summed E-state index contributed by atoms with van der Waals surface area (Å²) in [5, 5.41) is -0.0855. The van der Waals surface area contributed by atoms with E-state index in [1.54, 1.807) is 20.0 Å². The number of thioether (sulfide) groups is 1. The Balaban J connectivity index is 1.87. The number of hydrogen-bond donors (Lipinski definition) is 0. The molecule has 0 bridgehead atoms. The van der Waals surface area contributed by atoms with Crippen molar-refractivity contribution in [3.05, 3.63) is 59.9 Å². The Morgan fingerprint density at radius 3 is 2.61 bits per heavy atom. The fourth-order valence-electron chi connectivity index (χ4n) is 2.96. The van der Waals surface area contributed by atoms with Gasteiger partial charge in [0.25, 0.3) is 0 Å². The third-order valence-corrected chi connectivity index (χ3v) is 5.04. The van der Waals surface area contributed by atoms with E-state index in [4.69, 9.17) is 0 Å². The second-order valence-electron chi connectivity index (χ2n) is 5.82. The molecule has 3 nitrogen and oxygen atoms in total. The van der Waals surface area contributed by atoms with E-state index in [0.717, 1.165) is 16.7 Å². The van der Waals surface area contributed by atoms with Gasteiger partial charge >= 0.3 is 0 Å². The minimum Gasteiger partial charge on any atom is -0.314 e. The number of fused-ring (bicyclic) bond motifs is 1. The van der Waals surface area contributed by atoms with Crippen molar-refractivity contribution in [3.63, 3.8) is 0 Å². The summed E-state index contributed by atoms with van der Waals surface area (Å²) in [6.07, 6.45) is 0.0777. The van der Waals surface area contributed by atoms with Gasteiger partial charge in [-0.2, -0.15) is 0 Å². The lowest BCUT2D eigenvalue weighted by Gasteiger charge is -2.22. The van der Waals surface area contributed by atoms with Gasteiger partial charge in [0.1, 0.15) is 5.82 Å². The number of rotatable bonds is 3. The summed E-state index contributed by atoms with van der Waals surface area (Å²) < 4.78 is 13.5. The van der Waals surface area contributed by atoms with Crippen LogP contribution in [0.1, 0.15) is 18.9 Å². The summed E-state index contributed by atoms with van der Waals surface area (Å²) in [5.74, 6) is -0.572. The van der Waals surface area contributed by atoms with E-state index in [2.05, 4.69) is 0 Å². The van der Waals surface area contributed by atoms with Crippen molar-refractivity contribution in [3.8, 4) is 0 Å². The molecule has 118 valence electrons. The average Bonchev–Trinajstić information content (AvgIpc) is 2.70. The second-order valence-corrected chi connectivity index (χ2v) is 6.95. The first-order valence-corrected chi connectivity index (χ1v) is 8.07. The van der Waals surface area contributed by atoms with Gasteiger partial charge in [0.2, 0.25) is 5.91 Å². The topological polar surface area (TPSA) is 37.4 Å². The molecule has 5 heteroatoms. The van der Waals surface area contributed by atoms with E-state index in [0.29, 0.717) is 11.3 Å². The molecule has 0 N–H and O–H groups in total. The van der Waals surface area contributed by atoms with E-state index in [-0.39, 0.29) is 17.4 Å². The van der Waals surface area contributed by atoms with E-state index >= 15 is 0 Å². The van der Waals surface area contributed by atoms with Crippen molar-refractivity contribution in [2.24, 2.45) is 0 Å². The number of halogens is 1. The lowest BCUT2D eigenvalue weighted by Crippen LogP contribution is -2.37. The second kappa shape index (κ2) is 5.81. The number of carbonyl (C=O) groups is 2. The van der Waals surface area contributed by atoms with Crippen molar-refractivity contribution in [1.82, 2.24) is 0 Å². The number of amides is 1. The summed E-state index contributed by atoms with van der Waals surface area (Å²) in [6, 6.07) is 13.6. The highest BCUT2D eigenvalue weighted by Gasteiger charge is 2.47. The van der Waals surface area contributed by atoms with Crippen molar-refractivity contribution < 1.29 is 14.0 Å². The van der Waals surface area contributed by atoms with Gasteiger partial charge in [-0.1, -0.05) is 36.0 Å². The van der Waals surface area contributed by atoms with Crippen LogP contribution in [0.2, 0.25) is 0 Å². The molecule has 2 aromatic rings. The van der Waals surface area contributed by atoms with Crippen molar-refractivity contribution in [1.29, 1.82) is 0 Å². The predicted octanol–water partition coefficient (Wildman–Crippen LogP) is 3.77. The fourth-order valence-corrected chi connectivity index (χ4v) is 3.88. The fraction of sp³-hybridized carbons (Fsp3) is 0.222. The molecule has 1 amide bonds. The molecule has 0 saturated carbocycles. The summed E-state index contributed by atoms with van der Waals surface area (Å²) in [6.45, 7) is 1.75. The number of anilines is 1. The summed E-state index contributed by atoms with van der Waals surface area (Å²) in [4.78, 5) is 27.3. The van der Waals surface area contributed by atoms with E-state index < -0.39 is 11.2 Å². The Morgan fingerprint density at radius 1 is 1.22 bits per heavy atom. The van der Waals surface area contributed by atoms with Gasteiger partial charge in [-0.05, 0) is 36.8 Å². The van der Waals surface area contributed by atoms with Crippen LogP contribution in [0.4, 0.5) is 10.1 Å². The van der Waals surface area contributed by atoms with Crippen LogP contribution in [0.3, 0.4) is 0 Å². The van der Waals surface area contributed by atoms with Gasteiger partial charge in [0, 0.05) is 18.4 Å². The van der Waals surface area contributed by atoms with Crippen molar-refractivity contribution in [2.75, 3.05) is 11.9 Å². The van der Waals surface area contributed by atoms with Crippen LogP contribution < -0.4 is 4.90 Å². The summed E-state index contributed by atoms with van der Waals surface area (Å²) in [7, 11) is 1.61. The highest BCUT2D eigenvalue weighted by atomic mass is 32.2. The maximum atomic E-state index is 13.5. The van der Waals surface area contributed by atoms with Crippen molar-refractivity contribution in [2.45, 2.75) is 23.7 Å². The zero-order valence-corrected chi connectivity index (χ0v) is 13.7. The van der Waals surface area contributed by atoms with Gasteiger partial charge in [-0.3, -0.25) is 9.59 Å². The highest BCUT2D eigenvalue weighted by Crippen LogP contribution is 2.44. The maximum Gasteiger partial charge on any atom is 0.237 e. The van der Waals surface area contributed by atoms with Gasteiger partial charge in [0.15, 0.2) is 5.12 Å². The first-order valence-electron chi connectivity index (χ1n) is 7.26.